The van der Waals surface area contributed by atoms with Crippen molar-refractivity contribution in [1.82, 2.24) is 10.2 Å². The molecule has 7 nitrogen and oxygen atoms in total. The number of benzene rings is 2. The molecule has 7 heteroatoms. The summed E-state index contributed by atoms with van der Waals surface area (Å²) >= 11 is 0. The van der Waals surface area contributed by atoms with E-state index >= 15 is 0 Å². The zero-order valence-electron chi connectivity index (χ0n) is 21.1. The second-order valence-corrected chi connectivity index (χ2v) is 10.1. The minimum Gasteiger partial charge on any atom is -0.477 e. The van der Waals surface area contributed by atoms with Gasteiger partial charge in [0.1, 0.15) is 18.2 Å². The number of hydrogen-bond donors (Lipinski definition) is 4. The number of fused-ring (bicyclic) bond motifs is 3. The van der Waals surface area contributed by atoms with E-state index in [4.69, 9.17) is 10.5 Å². The number of aliphatic imine (C=N–C) groups is 1. The molecule has 2 heterocycles. The minimum atomic E-state index is -1.25. The molecule has 1 fully saturated rings. The Bertz CT molecular complexity index is 1260. The van der Waals surface area contributed by atoms with Crippen LogP contribution in [0.15, 0.2) is 70.5 Å². The van der Waals surface area contributed by atoms with Gasteiger partial charge in [-0.3, -0.25) is 4.99 Å². The Labute approximate surface area is 212 Å². The normalized spacial score (nSPS) is 27.3. The largest absolute Gasteiger partial charge is 0.477 e. The van der Waals surface area contributed by atoms with Crippen molar-refractivity contribution >= 4 is 17.0 Å². The SMILES string of the molecule is CN=CC(=CN)C1=CC=C(Cc2cc3c(c4ccccc24)OCN([C@H]2CCCC[C@@H]2O)C3(C)O)CN1. The molecule has 0 aromatic heterocycles. The van der Waals surface area contributed by atoms with Gasteiger partial charge in [-0.1, -0.05) is 43.2 Å². The molecule has 2 aromatic rings. The molecule has 1 unspecified atom stereocenters. The number of nitrogens with one attached hydrogen (secondary N) is 1. The van der Waals surface area contributed by atoms with Crippen LogP contribution in [0.5, 0.6) is 5.75 Å². The Balaban J connectivity index is 1.52. The van der Waals surface area contributed by atoms with Gasteiger partial charge in [0.05, 0.1) is 6.10 Å². The number of nitrogens with zero attached hydrogens (tertiary/aromatic N) is 2. The van der Waals surface area contributed by atoms with Crippen LogP contribution in [0.2, 0.25) is 0 Å². The van der Waals surface area contributed by atoms with Gasteiger partial charge < -0.3 is 26.0 Å². The Morgan fingerprint density at radius 1 is 1.25 bits per heavy atom. The van der Waals surface area contributed by atoms with Crippen molar-refractivity contribution in [3.8, 4) is 5.75 Å². The van der Waals surface area contributed by atoms with E-state index in [2.05, 4.69) is 34.6 Å². The molecule has 3 atom stereocenters. The highest BCUT2D eigenvalue weighted by Gasteiger charge is 2.45. The van der Waals surface area contributed by atoms with Gasteiger partial charge in [-0.05, 0) is 54.9 Å². The quantitative estimate of drug-likeness (QED) is 0.481. The zero-order valence-corrected chi connectivity index (χ0v) is 21.1. The fraction of sp³-hybridized carbons (Fsp3) is 0.414. The summed E-state index contributed by atoms with van der Waals surface area (Å²) in [6.07, 6.45) is 11.4. The van der Waals surface area contributed by atoms with Gasteiger partial charge in [-0.25, -0.2) is 4.90 Å². The van der Waals surface area contributed by atoms with Gasteiger partial charge in [0.25, 0.3) is 0 Å². The molecule has 2 aromatic carbocycles. The molecule has 0 spiro atoms. The molecule has 190 valence electrons. The van der Waals surface area contributed by atoms with Crippen molar-refractivity contribution in [3.63, 3.8) is 0 Å². The topological polar surface area (TPSA) is 103 Å². The highest BCUT2D eigenvalue weighted by atomic mass is 16.5. The van der Waals surface area contributed by atoms with Gasteiger partial charge >= 0.3 is 0 Å². The number of aliphatic hydroxyl groups excluding tert-OH is 1. The Morgan fingerprint density at radius 3 is 2.72 bits per heavy atom. The monoisotopic (exact) mass is 488 g/mol. The number of nitrogens with two attached hydrogens (primary N) is 1. The first kappa shape index (κ1) is 24.6. The van der Waals surface area contributed by atoms with Crippen molar-refractivity contribution in [3.05, 3.63) is 76.7 Å². The van der Waals surface area contributed by atoms with E-state index in [0.29, 0.717) is 6.54 Å². The fourth-order valence-corrected chi connectivity index (χ4v) is 5.80. The summed E-state index contributed by atoms with van der Waals surface area (Å²) in [5, 5.41) is 28.2. The number of dihydropyridines is 1. The number of hydrogen-bond acceptors (Lipinski definition) is 7. The maximum atomic E-state index is 11.9. The third-order valence-corrected chi connectivity index (χ3v) is 7.76. The summed E-state index contributed by atoms with van der Waals surface area (Å²) in [6, 6.07) is 10.2. The highest BCUT2D eigenvalue weighted by Crippen LogP contribution is 2.45. The Hall–Kier alpha value is -3.13. The summed E-state index contributed by atoms with van der Waals surface area (Å²) < 4.78 is 6.30. The lowest BCUT2D eigenvalue weighted by atomic mass is 9.86. The van der Waals surface area contributed by atoms with E-state index in [1.165, 1.54) is 5.57 Å². The Kier molecular flexibility index (Phi) is 6.88. The molecule has 5 N–H and O–H groups in total. The van der Waals surface area contributed by atoms with E-state index in [1.807, 2.05) is 30.0 Å². The van der Waals surface area contributed by atoms with Gasteiger partial charge in [0, 0.05) is 54.3 Å². The van der Waals surface area contributed by atoms with Crippen LogP contribution < -0.4 is 15.8 Å². The van der Waals surface area contributed by atoms with Crippen molar-refractivity contribution in [2.75, 3.05) is 20.3 Å². The summed E-state index contributed by atoms with van der Waals surface area (Å²) in [5.41, 5.74) is 9.43. The van der Waals surface area contributed by atoms with Crippen molar-refractivity contribution in [1.29, 1.82) is 0 Å². The molecule has 0 bridgehead atoms. The lowest BCUT2D eigenvalue weighted by Crippen LogP contribution is -2.58. The summed E-state index contributed by atoms with van der Waals surface area (Å²) in [7, 11) is 1.73. The Morgan fingerprint density at radius 2 is 2.03 bits per heavy atom. The summed E-state index contributed by atoms with van der Waals surface area (Å²) in [5.74, 6) is 0.732. The van der Waals surface area contributed by atoms with Crippen LogP contribution in [0.25, 0.3) is 10.8 Å². The first-order chi connectivity index (χ1) is 17.4. The third-order valence-electron chi connectivity index (χ3n) is 7.76. The molecule has 1 aliphatic carbocycles. The molecule has 3 aliphatic rings. The predicted molar refractivity (Wildman–Crippen MR) is 144 cm³/mol. The van der Waals surface area contributed by atoms with Gasteiger partial charge in [-0.2, -0.15) is 0 Å². The predicted octanol–water partition coefficient (Wildman–Crippen LogP) is 3.46. The highest BCUT2D eigenvalue weighted by molar-refractivity contribution is 5.93. The number of rotatable bonds is 5. The van der Waals surface area contributed by atoms with Crippen LogP contribution in [0.1, 0.15) is 43.7 Å². The average molecular weight is 489 g/mol. The molecular formula is C29H36N4O3. The third kappa shape index (κ3) is 4.43. The van der Waals surface area contributed by atoms with Crippen LogP contribution >= 0.6 is 0 Å². The standard InChI is InChI=1S/C29H36N4O3/c1-29(35)24-14-20(13-19-11-12-25(32-16-19)21(15-30)17-31-2)22-7-3-4-8-23(22)28(24)36-18-33(29)26-9-5-6-10-27(26)34/h3-4,7-8,11-12,14-15,17,26-27,32,34-35H,5-6,9-10,13,16,18,30H2,1-2H3/t26-,27-,29?/m0/s1. The fourth-order valence-electron chi connectivity index (χ4n) is 5.80. The maximum Gasteiger partial charge on any atom is 0.148 e. The molecule has 1 saturated carbocycles. The molecule has 0 saturated heterocycles. The minimum absolute atomic E-state index is 0.123. The van der Waals surface area contributed by atoms with Gasteiger partial charge in [-0.15, -0.1) is 0 Å². The number of ether oxygens (including phenoxy) is 1. The van der Waals surface area contributed by atoms with E-state index in [9.17, 15) is 10.2 Å². The van der Waals surface area contributed by atoms with E-state index in [1.54, 1.807) is 19.5 Å². The first-order valence-electron chi connectivity index (χ1n) is 12.8. The van der Waals surface area contributed by atoms with Crippen LogP contribution in [0.4, 0.5) is 0 Å². The summed E-state index contributed by atoms with van der Waals surface area (Å²) in [6.45, 7) is 2.78. The van der Waals surface area contributed by atoms with Crippen LogP contribution in [-0.4, -0.2) is 53.8 Å². The molecule has 36 heavy (non-hydrogen) atoms. The lowest BCUT2D eigenvalue weighted by molar-refractivity contribution is -0.186. The van der Waals surface area contributed by atoms with Gasteiger partial charge in [0.15, 0.2) is 0 Å². The second-order valence-electron chi connectivity index (χ2n) is 10.1. The summed E-state index contributed by atoms with van der Waals surface area (Å²) in [4.78, 5) is 6.01. The van der Waals surface area contributed by atoms with Crippen LogP contribution in [0, 0.1) is 0 Å². The van der Waals surface area contributed by atoms with E-state index < -0.39 is 11.8 Å². The maximum absolute atomic E-state index is 11.9. The molecular weight excluding hydrogens is 452 g/mol. The van der Waals surface area contributed by atoms with Crippen LogP contribution in [-0.2, 0) is 12.1 Å². The lowest BCUT2D eigenvalue weighted by Gasteiger charge is -2.48. The van der Waals surface area contributed by atoms with Crippen LogP contribution in [0.3, 0.4) is 0 Å². The zero-order chi connectivity index (χ0) is 25.3. The molecule has 2 aliphatic heterocycles. The van der Waals surface area contributed by atoms with E-state index in [0.717, 1.165) is 71.0 Å². The molecule has 0 amide bonds. The first-order valence-corrected chi connectivity index (χ1v) is 12.8. The molecule has 5 rings (SSSR count). The average Bonchev–Trinajstić information content (AvgIpc) is 2.89. The second kappa shape index (κ2) is 10.1. The van der Waals surface area contributed by atoms with Gasteiger partial charge in [0.2, 0.25) is 0 Å². The smallest absolute Gasteiger partial charge is 0.148 e. The molecule has 0 radical (unpaired) electrons. The number of allylic oxidation sites excluding steroid dienone is 3. The van der Waals surface area contributed by atoms with Crippen molar-refractivity contribution in [2.24, 2.45) is 10.7 Å². The van der Waals surface area contributed by atoms with Crippen molar-refractivity contribution < 1.29 is 14.9 Å². The van der Waals surface area contributed by atoms with E-state index in [-0.39, 0.29) is 12.8 Å². The number of aliphatic hydroxyl groups is 2. The van der Waals surface area contributed by atoms with Crippen molar-refractivity contribution in [2.45, 2.75) is 56.9 Å².